The maximum atomic E-state index is 12.2. The molecule has 1 aromatic carbocycles. The molecule has 1 heterocycles. The number of benzene rings is 1. The molecule has 3 rings (SSSR count). The summed E-state index contributed by atoms with van der Waals surface area (Å²) in [5.41, 5.74) is 2.25. The highest BCUT2D eigenvalue weighted by Crippen LogP contribution is 2.23. The van der Waals surface area contributed by atoms with Gasteiger partial charge in [0.25, 0.3) is 0 Å². The topological polar surface area (TPSA) is 71.3 Å². The molecule has 2 N–H and O–H groups in total. The fourth-order valence-electron chi connectivity index (χ4n) is 4.16. The van der Waals surface area contributed by atoms with Crippen LogP contribution in [0.1, 0.15) is 51.8 Å². The Labute approximate surface area is 177 Å². The number of nitrogens with zero attached hydrogens (tertiary/aromatic N) is 3. The lowest BCUT2D eigenvalue weighted by Gasteiger charge is -2.30. The van der Waals surface area contributed by atoms with E-state index >= 15 is 0 Å². The van der Waals surface area contributed by atoms with Gasteiger partial charge in [-0.25, -0.2) is 4.98 Å². The van der Waals surface area contributed by atoms with Crippen LogP contribution in [-0.2, 0) is 17.3 Å². The molecule has 7 heteroatoms. The van der Waals surface area contributed by atoms with Crippen molar-refractivity contribution in [3.63, 3.8) is 0 Å². The van der Waals surface area contributed by atoms with E-state index in [9.17, 15) is 4.21 Å². The molecule has 0 saturated heterocycles. The Bertz CT molecular complexity index is 847. The van der Waals surface area contributed by atoms with Gasteiger partial charge in [-0.1, -0.05) is 25.5 Å². The Balaban J connectivity index is 1.55. The standard InChI is InChI=1S/C22H35N5OS/c1-4-23-22(26-18-10-8-11-19(16-18)29(28)5-2)24-14-9-15-27-17(3)25-20-12-6-7-13-21(20)27/h6-7,12-13,18-19H,4-5,8-11,14-16H2,1-3H3,(H2,23,24,26). The first-order valence-corrected chi connectivity index (χ1v) is 12.3. The van der Waals surface area contributed by atoms with Crippen LogP contribution in [0.5, 0.6) is 0 Å². The molecule has 1 aliphatic rings. The molecular weight excluding hydrogens is 382 g/mol. The molecule has 0 amide bonds. The number of guanidine groups is 1. The SMILES string of the molecule is CCNC(=NCCCn1c(C)nc2ccccc21)NC1CCCC(S(=O)CC)C1. The van der Waals surface area contributed by atoms with Crippen LogP contribution in [0.15, 0.2) is 29.3 Å². The molecule has 3 unspecified atom stereocenters. The molecule has 1 aromatic heterocycles. The summed E-state index contributed by atoms with van der Waals surface area (Å²) in [5.74, 6) is 2.69. The van der Waals surface area contributed by atoms with Crippen molar-refractivity contribution in [1.82, 2.24) is 20.2 Å². The lowest BCUT2D eigenvalue weighted by atomic mass is 9.95. The van der Waals surface area contributed by atoms with Gasteiger partial charge in [0.1, 0.15) is 5.82 Å². The van der Waals surface area contributed by atoms with Crippen LogP contribution in [0, 0.1) is 6.92 Å². The third-order valence-corrected chi connectivity index (χ3v) is 7.36. The Kier molecular flexibility index (Phi) is 8.09. The number of hydrogen-bond donors (Lipinski definition) is 2. The van der Waals surface area contributed by atoms with Crippen molar-refractivity contribution in [3.8, 4) is 0 Å². The molecule has 29 heavy (non-hydrogen) atoms. The summed E-state index contributed by atoms with van der Waals surface area (Å²) in [4.78, 5) is 9.43. The molecule has 1 aliphatic carbocycles. The van der Waals surface area contributed by atoms with Gasteiger partial charge >= 0.3 is 0 Å². The van der Waals surface area contributed by atoms with Crippen LogP contribution in [0.4, 0.5) is 0 Å². The van der Waals surface area contributed by atoms with E-state index in [1.807, 2.05) is 13.0 Å². The molecule has 0 radical (unpaired) electrons. The van der Waals surface area contributed by atoms with E-state index in [4.69, 9.17) is 4.99 Å². The molecule has 0 aliphatic heterocycles. The molecular formula is C22H35N5OS. The van der Waals surface area contributed by atoms with E-state index in [1.54, 1.807) is 0 Å². The first kappa shape index (κ1) is 21.8. The zero-order chi connectivity index (χ0) is 20.6. The zero-order valence-electron chi connectivity index (χ0n) is 18.0. The van der Waals surface area contributed by atoms with Crippen molar-refractivity contribution in [2.75, 3.05) is 18.8 Å². The van der Waals surface area contributed by atoms with E-state index in [-0.39, 0.29) is 0 Å². The number of imidazole rings is 1. The van der Waals surface area contributed by atoms with Gasteiger partial charge in [-0.2, -0.15) is 0 Å². The summed E-state index contributed by atoms with van der Waals surface area (Å²) >= 11 is 0. The highest BCUT2D eigenvalue weighted by Gasteiger charge is 2.26. The number of fused-ring (bicyclic) bond motifs is 1. The summed E-state index contributed by atoms with van der Waals surface area (Å²) < 4.78 is 14.5. The quantitative estimate of drug-likeness (QED) is 0.392. The Morgan fingerprint density at radius 2 is 2.14 bits per heavy atom. The third-order valence-electron chi connectivity index (χ3n) is 5.62. The maximum Gasteiger partial charge on any atom is 0.191 e. The number of aliphatic imine (C=N–C) groups is 1. The van der Waals surface area contributed by atoms with Gasteiger partial charge in [0, 0.05) is 47.5 Å². The smallest absolute Gasteiger partial charge is 0.191 e. The monoisotopic (exact) mass is 417 g/mol. The number of rotatable bonds is 8. The van der Waals surface area contributed by atoms with Crippen LogP contribution in [0.3, 0.4) is 0 Å². The first-order valence-electron chi connectivity index (χ1n) is 11.0. The van der Waals surface area contributed by atoms with Gasteiger partial charge < -0.3 is 15.2 Å². The first-order chi connectivity index (χ1) is 14.1. The number of para-hydroxylation sites is 2. The van der Waals surface area contributed by atoms with E-state index < -0.39 is 10.8 Å². The third kappa shape index (κ3) is 5.81. The van der Waals surface area contributed by atoms with Crippen LogP contribution >= 0.6 is 0 Å². The maximum absolute atomic E-state index is 12.2. The van der Waals surface area contributed by atoms with Crippen molar-refractivity contribution in [1.29, 1.82) is 0 Å². The van der Waals surface area contributed by atoms with Crippen molar-refractivity contribution in [2.24, 2.45) is 4.99 Å². The molecule has 1 fully saturated rings. The van der Waals surface area contributed by atoms with Gasteiger partial charge in [-0.3, -0.25) is 9.20 Å². The number of aryl methyl sites for hydroxylation is 2. The molecule has 6 nitrogen and oxygen atoms in total. The lowest BCUT2D eigenvalue weighted by molar-refractivity contribution is 0.413. The van der Waals surface area contributed by atoms with Gasteiger partial charge in [-0.15, -0.1) is 0 Å². The summed E-state index contributed by atoms with van der Waals surface area (Å²) in [6.07, 6.45) is 5.29. The van der Waals surface area contributed by atoms with E-state index in [2.05, 4.69) is 52.2 Å². The average Bonchev–Trinajstić information content (AvgIpc) is 3.06. The zero-order valence-corrected chi connectivity index (χ0v) is 18.8. The minimum atomic E-state index is -0.700. The van der Waals surface area contributed by atoms with Crippen LogP contribution in [-0.4, -0.2) is 49.9 Å². The summed E-state index contributed by atoms with van der Waals surface area (Å²) in [5, 5.41) is 7.28. The van der Waals surface area contributed by atoms with Crippen molar-refractivity contribution in [2.45, 2.75) is 70.7 Å². The highest BCUT2D eigenvalue weighted by atomic mass is 32.2. The highest BCUT2D eigenvalue weighted by molar-refractivity contribution is 7.85. The lowest BCUT2D eigenvalue weighted by Crippen LogP contribution is -2.46. The van der Waals surface area contributed by atoms with E-state index in [0.29, 0.717) is 11.3 Å². The molecule has 1 saturated carbocycles. The van der Waals surface area contributed by atoms with Crippen molar-refractivity contribution >= 4 is 27.8 Å². The Morgan fingerprint density at radius 1 is 1.31 bits per heavy atom. The molecule has 0 spiro atoms. The van der Waals surface area contributed by atoms with E-state index in [1.165, 1.54) is 5.52 Å². The predicted molar refractivity (Wildman–Crippen MR) is 123 cm³/mol. The molecule has 3 atom stereocenters. The van der Waals surface area contributed by atoms with Gasteiger partial charge in [0.05, 0.1) is 11.0 Å². The second-order valence-corrected chi connectivity index (χ2v) is 9.72. The number of nitrogens with one attached hydrogen (secondary N) is 2. The van der Waals surface area contributed by atoms with Crippen LogP contribution < -0.4 is 10.6 Å². The molecule has 2 aromatic rings. The fourth-order valence-corrected chi connectivity index (χ4v) is 5.51. The molecule has 0 bridgehead atoms. The van der Waals surface area contributed by atoms with Crippen LogP contribution in [0.2, 0.25) is 0 Å². The normalized spacial score (nSPS) is 21.3. The summed E-state index contributed by atoms with van der Waals surface area (Å²) in [6.45, 7) is 8.69. The predicted octanol–water partition coefficient (Wildman–Crippen LogP) is 3.37. The van der Waals surface area contributed by atoms with Gasteiger partial charge in [-0.05, 0) is 51.7 Å². The van der Waals surface area contributed by atoms with Crippen molar-refractivity contribution < 1.29 is 4.21 Å². The largest absolute Gasteiger partial charge is 0.357 e. The second kappa shape index (κ2) is 10.8. The van der Waals surface area contributed by atoms with Gasteiger partial charge in [0.2, 0.25) is 0 Å². The minimum absolute atomic E-state index is 0.326. The van der Waals surface area contributed by atoms with Gasteiger partial charge in [0.15, 0.2) is 5.96 Å². The minimum Gasteiger partial charge on any atom is -0.357 e. The van der Waals surface area contributed by atoms with Crippen molar-refractivity contribution in [3.05, 3.63) is 30.1 Å². The second-order valence-electron chi connectivity index (χ2n) is 7.71. The van der Waals surface area contributed by atoms with E-state index in [0.717, 1.165) is 74.8 Å². The molecule has 160 valence electrons. The Hall–Kier alpha value is -1.89. The Morgan fingerprint density at radius 3 is 2.93 bits per heavy atom. The average molecular weight is 418 g/mol. The number of hydrogen-bond acceptors (Lipinski definition) is 3. The number of aromatic nitrogens is 2. The van der Waals surface area contributed by atoms with Crippen LogP contribution in [0.25, 0.3) is 11.0 Å². The fraction of sp³-hybridized carbons (Fsp3) is 0.636. The summed E-state index contributed by atoms with van der Waals surface area (Å²) in [7, 11) is -0.700. The summed E-state index contributed by atoms with van der Waals surface area (Å²) in [6, 6.07) is 8.65.